The average molecular weight is 454 g/mol. The van der Waals surface area contributed by atoms with Crippen LogP contribution in [0.15, 0.2) is 42.5 Å². The van der Waals surface area contributed by atoms with Gasteiger partial charge in [0.25, 0.3) is 11.8 Å². The maximum Gasteiger partial charge on any atom is 0.269 e. The molecule has 0 bridgehead atoms. The Bertz CT molecular complexity index is 999. The molecule has 176 valence electrons. The van der Waals surface area contributed by atoms with Crippen LogP contribution in [0.5, 0.6) is 11.5 Å². The minimum atomic E-state index is -0.448. The normalized spacial score (nSPS) is 13.8. The summed E-state index contributed by atoms with van der Waals surface area (Å²) < 4.78 is 10.9. The minimum Gasteiger partial charge on any atom is -0.493 e. The lowest BCUT2D eigenvalue weighted by molar-refractivity contribution is -0.127. The Kier molecular flexibility index (Phi) is 8.29. The van der Waals surface area contributed by atoms with Crippen LogP contribution in [-0.4, -0.2) is 49.4 Å². The van der Waals surface area contributed by atoms with Crippen LogP contribution in [-0.2, 0) is 4.79 Å². The zero-order valence-corrected chi connectivity index (χ0v) is 19.3. The molecule has 2 aromatic rings. The zero-order chi connectivity index (χ0) is 23.8. The predicted molar refractivity (Wildman–Crippen MR) is 124 cm³/mol. The number of benzene rings is 2. The second-order valence-corrected chi connectivity index (χ2v) is 8.04. The largest absolute Gasteiger partial charge is 0.493 e. The highest BCUT2D eigenvalue weighted by Gasteiger charge is 2.28. The van der Waals surface area contributed by atoms with Gasteiger partial charge in [-0.15, -0.1) is 0 Å². The Balaban J connectivity index is 1.50. The van der Waals surface area contributed by atoms with E-state index in [1.165, 1.54) is 7.11 Å². The van der Waals surface area contributed by atoms with Crippen LogP contribution in [0.1, 0.15) is 52.5 Å². The first-order chi connectivity index (χ1) is 15.9. The number of nitrogens with zero attached hydrogens (tertiary/aromatic N) is 1. The molecule has 1 aliphatic heterocycles. The fourth-order valence-electron chi connectivity index (χ4n) is 3.76. The van der Waals surface area contributed by atoms with Crippen molar-refractivity contribution in [2.24, 2.45) is 5.92 Å². The van der Waals surface area contributed by atoms with Crippen molar-refractivity contribution in [2.75, 3.05) is 26.8 Å². The second kappa shape index (κ2) is 11.4. The summed E-state index contributed by atoms with van der Waals surface area (Å²) in [5, 5.41) is 0. The standard InChI is InChI=1S/C25H31N3O5/c1-4-15-33-21-10-9-19(16-22(21)32-3)24(30)27-26-23(29)18-11-13-28(14-12-18)25(31)20-8-6-5-7-17(20)2/h5-10,16,18H,4,11-15H2,1-3H3,(H,26,29)(H,27,30). The lowest BCUT2D eigenvalue weighted by Crippen LogP contribution is -2.48. The van der Waals surface area contributed by atoms with Crippen molar-refractivity contribution < 1.29 is 23.9 Å². The molecule has 8 heteroatoms. The van der Waals surface area contributed by atoms with Gasteiger partial charge in [0.2, 0.25) is 5.91 Å². The van der Waals surface area contributed by atoms with Crippen molar-refractivity contribution in [1.82, 2.24) is 15.8 Å². The summed E-state index contributed by atoms with van der Waals surface area (Å²) in [6, 6.07) is 12.4. The summed E-state index contributed by atoms with van der Waals surface area (Å²) in [7, 11) is 1.51. The lowest BCUT2D eigenvalue weighted by Gasteiger charge is -2.31. The van der Waals surface area contributed by atoms with Crippen molar-refractivity contribution in [3.63, 3.8) is 0 Å². The van der Waals surface area contributed by atoms with Crippen molar-refractivity contribution in [2.45, 2.75) is 33.1 Å². The van der Waals surface area contributed by atoms with E-state index in [0.29, 0.717) is 55.2 Å². The molecule has 0 aliphatic carbocycles. The summed E-state index contributed by atoms with van der Waals surface area (Å²) in [6.45, 7) is 5.46. The van der Waals surface area contributed by atoms with Crippen LogP contribution >= 0.6 is 0 Å². The fraction of sp³-hybridized carbons (Fsp3) is 0.400. The number of hydrogen-bond acceptors (Lipinski definition) is 5. The van der Waals surface area contributed by atoms with Crippen LogP contribution in [0.25, 0.3) is 0 Å². The highest BCUT2D eigenvalue weighted by Crippen LogP contribution is 2.28. The smallest absolute Gasteiger partial charge is 0.269 e. The molecule has 0 aromatic heterocycles. The monoisotopic (exact) mass is 453 g/mol. The molecule has 1 fully saturated rings. The highest BCUT2D eigenvalue weighted by atomic mass is 16.5. The van der Waals surface area contributed by atoms with Crippen molar-refractivity contribution in [3.8, 4) is 11.5 Å². The van der Waals surface area contributed by atoms with Gasteiger partial charge < -0.3 is 14.4 Å². The van der Waals surface area contributed by atoms with Crippen LogP contribution in [0.2, 0.25) is 0 Å². The Morgan fingerprint density at radius 1 is 1.03 bits per heavy atom. The SMILES string of the molecule is CCCOc1ccc(C(=O)NNC(=O)C2CCN(C(=O)c3ccccc3C)CC2)cc1OC. The number of nitrogens with one attached hydrogen (secondary N) is 2. The summed E-state index contributed by atoms with van der Waals surface area (Å²) >= 11 is 0. The first-order valence-corrected chi connectivity index (χ1v) is 11.2. The van der Waals surface area contributed by atoms with Gasteiger partial charge in [-0.1, -0.05) is 25.1 Å². The number of amides is 3. The molecule has 0 radical (unpaired) electrons. The first-order valence-electron chi connectivity index (χ1n) is 11.2. The van der Waals surface area contributed by atoms with E-state index in [1.807, 2.05) is 38.1 Å². The van der Waals surface area contributed by atoms with E-state index in [9.17, 15) is 14.4 Å². The molecule has 0 atom stereocenters. The molecule has 1 heterocycles. The van der Waals surface area contributed by atoms with Gasteiger partial charge in [0.1, 0.15) is 0 Å². The number of likely N-dealkylation sites (tertiary alicyclic amines) is 1. The molecular weight excluding hydrogens is 422 g/mol. The van der Waals surface area contributed by atoms with E-state index >= 15 is 0 Å². The van der Waals surface area contributed by atoms with Crippen LogP contribution in [0.3, 0.4) is 0 Å². The van der Waals surface area contributed by atoms with Crippen LogP contribution < -0.4 is 20.3 Å². The summed E-state index contributed by atoms with van der Waals surface area (Å²) in [6.07, 6.45) is 1.93. The van der Waals surface area contributed by atoms with Gasteiger partial charge in [-0.2, -0.15) is 0 Å². The molecule has 3 rings (SSSR count). The molecule has 33 heavy (non-hydrogen) atoms. The van der Waals surface area contributed by atoms with E-state index in [0.717, 1.165) is 12.0 Å². The highest BCUT2D eigenvalue weighted by molar-refractivity contribution is 5.97. The van der Waals surface area contributed by atoms with E-state index in [4.69, 9.17) is 9.47 Å². The Morgan fingerprint density at radius 3 is 2.42 bits per heavy atom. The van der Waals surface area contributed by atoms with E-state index < -0.39 is 5.91 Å². The number of piperidine rings is 1. The van der Waals surface area contributed by atoms with Gasteiger partial charge in [0.15, 0.2) is 11.5 Å². The minimum absolute atomic E-state index is 0.0134. The number of methoxy groups -OCH3 is 1. The van der Waals surface area contributed by atoms with Crippen molar-refractivity contribution >= 4 is 17.7 Å². The molecule has 0 saturated carbocycles. The number of ether oxygens (including phenoxy) is 2. The van der Waals surface area contributed by atoms with E-state index in [2.05, 4.69) is 10.9 Å². The average Bonchev–Trinajstić information content (AvgIpc) is 2.85. The molecular formula is C25H31N3O5. The van der Waals surface area contributed by atoms with Gasteiger partial charge in [-0.05, 0) is 56.0 Å². The number of aryl methyl sites for hydroxylation is 1. The topological polar surface area (TPSA) is 97.0 Å². The molecule has 3 amide bonds. The van der Waals surface area contributed by atoms with Crippen LogP contribution in [0.4, 0.5) is 0 Å². The van der Waals surface area contributed by atoms with Gasteiger partial charge >= 0.3 is 0 Å². The lowest BCUT2D eigenvalue weighted by atomic mass is 9.95. The van der Waals surface area contributed by atoms with E-state index in [1.54, 1.807) is 23.1 Å². The third kappa shape index (κ3) is 6.03. The van der Waals surface area contributed by atoms with Gasteiger partial charge in [-0.25, -0.2) is 0 Å². The molecule has 2 N–H and O–H groups in total. The maximum atomic E-state index is 12.8. The predicted octanol–water partition coefficient (Wildman–Crippen LogP) is 3.11. The summed E-state index contributed by atoms with van der Waals surface area (Å²) in [4.78, 5) is 39.6. The number of carbonyl (C=O) groups excluding carboxylic acids is 3. The maximum absolute atomic E-state index is 12.8. The van der Waals surface area contributed by atoms with Gasteiger partial charge in [0.05, 0.1) is 13.7 Å². The Labute approximate surface area is 194 Å². The van der Waals surface area contributed by atoms with Gasteiger partial charge in [0, 0.05) is 30.1 Å². The number of carbonyl (C=O) groups is 3. The quantitative estimate of drug-likeness (QED) is 0.628. The number of rotatable bonds is 7. The molecule has 0 unspecified atom stereocenters. The van der Waals surface area contributed by atoms with E-state index in [-0.39, 0.29) is 17.7 Å². The molecule has 8 nitrogen and oxygen atoms in total. The molecule has 1 saturated heterocycles. The van der Waals surface area contributed by atoms with Crippen molar-refractivity contribution in [1.29, 1.82) is 0 Å². The number of hydrazine groups is 1. The first kappa shape index (κ1) is 24.1. The molecule has 0 spiro atoms. The molecule has 2 aromatic carbocycles. The van der Waals surface area contributed by atoms with Crippen LogP contribution in [0, 0.1) is 12.8 Å². The Morgan fingerprint density at radius 2 is 1.76 bits per heavy atom. The van der Waals surface area contributed by atoms with Crippen molar-refractivity contribution in [3.05, 3.63) is 59.2 Å². The number of hydrogen-bond donors (Lipinski definition) is 2. The third-order valence-corrected chi connectivity index (χ3v) is 5.72. The third-order valence-electron chi connectivity index (χ3n) is 5.72. The summed E-state index contributed by atoms with van der Waals surface area (Å²) in [5.74, 6) is 0.0169. The Hall–Kier alpha value is -3.55. The second-order valence-electron chi connectivity index (χ2n) is 8.04. The molecule has 1 aliphatic rings. The fourth-order valence-corrected chi connectivity index (χ4v) is 3.76. The zero-order valence-electron chi connectivity index (χ0n) is 19.3. The summed E-state index contributed by atoms with van der Waals surface area (Å²) in [5.41, 5.74) is 6.94. The van der Waals surface area contributed by atoms with Gasteiger partial charge in [-0.3, -0.25) is 25.2 Å².